The van der Waals surface area contributed by atoms with Crippen molar-refractivity contribution in [1.29, 1.82) is 0 Å². The molecule has 0 spiro atoms. The van der Waals surface area contributed by atoms with Gasteiger partial charge in [0.1, 0.15) is 5.75 Å². The summed E-state index contributed by atoms with van der Waals surface area (Å²) in [5.74, 6) is 1.39. The molecule has 1 unspecified atom stereocenters. The Kier molecular flexibility index (Phi) is 6.61. The van der Waals surface area contributed by atoms with Gasteiger partial charge in [-0.05, 0) is 56.2 Å². The normalized spacial score (nSPS) is 18.7. The maximum Gasteiger partial charge on any atom is 0.293 e. The number of piperazine rings is 1. The molecule has 2 aliphatic rings. The van der Waals surface area contributed by atoms with Crippen LogP contribution in [0.25, 0.3) is 11.0 Å². The van der Waals surface area contributed by atoms with Gasteiger partial charge in [-0.3, -0.25) is 9.59 Å². The van der Waals surface area contributed by atoms with Crippen molar-refractivity contribution >= 4 is 28.4 Å². The molecule has 184 valence electrons. The summed E-state index contributed by atoms with van der Waals surface area (Å²) >= 11 is 0. The number of piperidine rings is 1. The van der Waals surface area contributed by atoms with Crippen molar-refractivity contribution < 1.29 is 9.53 Å². The van der Waals surface area contributed by atoms with Crippen LogP contribution in [0.5, 0.6) is 5.75 Å². The van der Waals surface area contributed by atoms with Gasteiger partial charge in [-0.1, -0.05) is 12.1 Å². The highest BCUT2D eigenvalue weighted by atomic mass is 16.5. The van der Waals surface area contributed by atoms with Gasteiger partial charge >= 0.3 is 0 Å². The fourth-order valence-electron chi connectivity index (χ4n) is 5.31. The van der Waals surface area contributed by atoms with Gasteiger partial charge in [0.15, 0.2) is 5.82 Å². The van der Waals surface area contributed by atoms with E-state index in [1.807, 2.05) is 53.1 Å². The zero-order valence-corrected chi connectivity index (χ0v) is 20.5. The number of carbonyl (C=O) groups is 1. The molecule has 8 heteroatoms. The first-order chi connectivity index (χ1) is 17.1. The van der Waals surface area contributed by atoms with E-state index in [0.717, 1.165) is 54.9 Å². The molecule has 2 saturated heterocycles. The standard InChI is InChI=1S/C27H33N5O3/c1-3-32-24-9-5-4-8-23(24)28-25(27(32)34)31-14-6-7-20(19-31)26(33)30-17-15-29(16-18-30)21-10-12-22(35-2)13-11-21/h4-5,8-13,20H,3,6-7,14-19H2,1-2H3. The highest BCUT2D eigenvalue weighted by Crippen LogP contribution is 2.25. The molecular formula is C27H33N5O3. The number of rotatable bonds is 5. The van der Waals surface area contributed by atoms with Crippen LogP contribution in [0.15, 0.2) is 53.3 Å². The largest absolute Gasteiger partial charge is 0.497 e. The summed E-state index contributed by atoms with van der Waals surface area (Å²) in [4.78, 5) is 37.7. The summed E-state index contributed by atoms with van der Waals surface area (Å²) in [5.41, 5.74) is 2.74. The minimum atomic E-state index is -0.112. The number of methoxy groups -OCH3 is 1. The molecule has 2 aliphatic heterocycles. The molecule has 3 aromatic rings. The van der Waals surface area contributed by atoms with E-state index in [2.05, 4.69) is 17.0 Å². The number of carbonyl (C=O) groups excluding carboxylic acids is 1. The van der Waals surface area contributed by atoms with E-state index >= 15 is 0 Å². The molecule has 8 nitrogen and oxygen atoms in total. The molecule has 0 saturated carbocycles. The van der Waals surface area contributed by atoms with Crippen LogP contribution in [0.4, 0.5) is 11.5 Å². The van der Waals surface area contributed by atoms with E-state index in [9.17, 15) is 9.59 Å². The number of fused-ring (bicyclic) bond motifs is 1. The molecule has 5 rings (SSSR count). The van der Waals surface area contributed by atoms with Crippen LogP contribution in [0.2, 0.25) is 0 Å². The molecule has 1 amide bonds. The number of ether oxygens (including phenoxy) is 1. The van der Waals surface area contributed by atoms with Gasteiger partial charge in [-0.25, -0.2) is 4.98 Å². The number of benzene rings is 2. The zero-order chi connectivity index (χ0) is 24.4. The van der Waals surface area contributed by atoms with Crippen LogP contribution in [0, 0.1) is 5.92 Å². The quantitative estimate of drug-likeness (QED) is 0.565. The molecule has 0 aliphatic carbocycles. The van der Waals surface area contributed by atoms with E-state index in [0.29, 0.717) is 32.0 Å². The number of aromatic nitrogens is 2. The fourth-order valence-corrected chi connectivity index (χ4v) is 5.31. The Morgan fingerprint density at radius 3 is 2.46 bits per heavy atom. The lowest BCUT2D eigenvalue weighted by Gasteiger charge is -2.40. The molecule has 3 heterocycles. The summed E-state index contributed by atoms with van der Waals surface area (Å²) in [7, 11) is 1.67. The third-order valence-electron chi connectivity index (χ3n) is 7.25. The molecule has 2 aromatic carbocycles. The maximum atomic E-state index is 13.4. The molecule has 2 fully saturated rings. The van der Waals surface area contributed by atoms with E-state index in [-0.39, 0.29) is 17.4 Å². The number of hydrogen-bond acceptors (Lipinski definition) is 6. The summed E-state index contributed by atoms with van der Waals surface area (Å²) in [6, 6.07) is 15.8. The van der Waals surface area contributed by atoms with E-state index in [1.165, 1.54) is 0 Å². The van der Waals surface area contributed by atoms with Crippen LogP contribution in [-0.2, 0) is 11.3 Å². The van der Waals surface area contributed by atoms with Crippen LogP contribution in [0.3, 0.4) is 0 Å². The van der Waals surface area contributed by atoms with Gasteiger partial charge in [-0.2, -0.15) is 0 Å². The van der Waals surface area contributed by atoms with Gasteiger partial charge in [0.25, 0.3) is 5.56 Å². The number of aryl methyl sites for hydroxylation is 1. The lowest BCUT2D eigenvalue weighted by atomic mass is 9.96. The van der Waals surface area contributed by atoms with Crippen molar-refractivity contribution in [1.82, 2.24) is 14.5 Å². The van der Waals surface area contributed by atoms with E-state index in [4.69, 9.17) is 9.72 Å². The van der Waals surface area contributed by atoms with Crippen molar-refractivity contribution in [2.75, 3.05) is 56.2 Å². The van der Waals surface area contributed by atoms with Gasteiger partial charge in [-0.15, -0.1) is 0 Å². The maximum absolute atomic E-state index is 13.4. The smallest absolute Gasteiger partial charge is 0.293 e. The second-order valence-corrected chi connectivity index (χ2v) is 9.27. The van der Waals surface area contributed by atoms with E-state index in [1.54, 1.807) is 11.7 Å². The second kappa shape index (κ2) is 9.98. The topological polar surface area (TPSA) is 70.9 Å². The van der Waals surface area contributed by atoms with Crippen molar-refractivity contribution in [3.8, 4) is 5.75 Å². The minimum absolute atomic E-state index is 0.0765. The van der Waals surface area contributed by atoms with Crippen molar-refractivity contribution in [2.45, 2.75) is 26.3 Å². The Morgan fingerprint density at radius 1 is 1.00 bits per heavy atom. The molecular weight excluding hydrogens is 442 g/mol. The molecule has 0 N–H and O–H groups in total. The molecule has 0 radical (unpaired) electrons. The van der Waals surface area contributed by atoms with Gasteiger partial charge in [0.2, 0.25) is 5.91 Å². The summed E-state index contributed by atoms with van der Waals surface area (Å²) in [5, 5.41) is 0. The first-order valence-electron chi connectivity index (χ1n) is 12.5. The number of hydrogen-bond donors (Lipinski definition) is 0. The number of nitrogens with zero attached hydrogens (tertiary/aromatic N) is 5. The van der Waals surface area contributed by atoms with E-state index < -0.39 is 0 Å². The van der Waals surface area contributed by atoms with Crippen LogP contribution in [-0.4, -0.2) is 66.7 Å². The van der Waals surface area contributed by atoms with Gasteiger partial charge in [0.05, 0.1) is 24.1 Å². The Bertz CT molecular complexity index is 1250. The minimum Gasteiger partial charge on any atom is -0.497 e. The molecule has 1 aromatic heterocycles. The van der Waals surface area contributed by atoms with Crippen molar-refractivity contribution in [3.05, 3.63) is 58.9 Å². The number of amides is 1. The highest BCUT2D eigenvalue weighted by Gasteiger charge is 2.32. The SMILES string of the molecule is CCn1c(=O)c(N2CCCC(C(=O)N3CCN(c4ccc(OC)cc4)CC3)C2)nc2ccccc21. The first kappa shape index (κ1) is 23.2. The Balaban J connectivity index is 1.27. The van der Waals surface area contributed by atoms with Gasteiger partial charge < -0.3 is 24.0 Å². The Hall–Kier alpha value is -3.55. The van der Waals surface area contributed by atoms with Crippen LogP contribution in [0.1, 0.15) is 19.8 Å². The fraction of sp³-hybridized carbons (Fsp3) is 0.444. The summed E-state index contributed by atoms with van der Waals surface area (Å²) in [6.07, 6.45) is 1.73. The average molecular weight is 476 g/mol. The third kappa shape index (κ3) is 4.57. The first-order valence-corrected chi connectivity index (χ1v) is 12.5. The van der Waals surface area contributed by atoms with Crippen molar-refractivity contribution in [2.24, 2.45) is 5.92 Å². The highest BCUT2D eigenvalue weighted by molar-refractivity contribution is 5.80. The number of anilines is 2. The molecule has 1 atom stereocenters. The monoisotopic (exact) mass is 475 g/mol. The zero-order valence-electron chi connectivity index (χ0n) is 20.5. The van der Waals surface area contributed by atoms with Crippen LogP contribution < -0.4 is 20.1 Å². The molecule has 0 bridgehead atoms. The Morgan fingerprint density at radius 2 is 1.74 bits per heavy atom. The summed E-state index contributed by atoms with van der Waals surface area (Å²) in [6.45, 7) is 6.89. The predicted octanol–water partition coefficient (Wildman–Crippen LogP) is 2.99. The second-order valence-electron chi connectivity index (χ2n) is 9.27. The van der Waals surface area contributed by atoms with Gasteiger partial charge in [0, 0.05) is 51.5 Å². The van der Waals surface area contributed by atoms with Crippen LogP contribution >= 0.6 is 0 Å². The lowest BCUT2D eigenvalue weighted by molar-refractivity contribution is -0.136. The number of para-hydroxylation sites is 2. The Labute approximate surface area is 205 Å². The molecule has 35 heavy (non-hydrogen) atoms. The van der Waals surface area contributed by atoms with Crippen molar-refractivity contribution in [3.63, 3.8) is 0 Å². The third-order valence-corrected chi connectivity index (χ3v) is 7.25. The predicted molar refractivity (Wildman–Crippen MR) is 138 cm³/mol. The average Bonchev–Trinajstić information content (AvgIpc) is 2.92. The lowest BCUT2D eigenvalue weighted by Crippen LogP contribution is -2.53. The summed E-state index contributed by atoms with van der Waals surface area (Å²) < 4.78 is 7.03.